The van der Waals surface area contributed by atoms with Gasteiger partial charge in [-0.2, -0.15) is 18.3 Å². The van der Waals surface area contributed by atoms with Crippen LogP contribution in [0, 0.1) is 0 Å². The molecule has 0 saturated carbocycles. The van der Waals surface area contributed by atoms with E-state index in [0.717, 1.165) is 35.2 Å². The highest BCUT2D eigenvalue weighted by atomic mass is 19.4. The molecular weight excluding hydrogens is 391 g/mol. The molecule has 30 heavy (non-hydrogen) atoms. The Labute approximate surface area is 172 Å². The van der Waals surface area contributed by atoms with E-state index in [4.69, 9.17) is 0 Å². The van der Waals surface area contributed by atoms with E-state index in [1.165, 1.54) is 12.1 Å². The van der Waals surface area contributed by atoms with Crippen LogP contribution in [-0.4, -0.2) is 27.1 Å². The Kier molecular flexibility index (Phi) is 5.13. The summed E-state index contributed by atoms with van der Waals surface area (Å²) < 4.78 is 40.2. The van der Waals surface area contributed by atoms with E-state index in [2.05, 4.69) is 5.10 Å². The van der Waals surface area contributed by atoms with Crippen LogP contribution in [0.1, 0.15) is 46.9 Å². The first kappa shape index (κ1) is 20.2. The number of carbonyl (C=O) groups is 1. The lowest BCUT2D eigenvalue weighted by Crippen LogP contribution is -2.35. The number of nitrogens with zero attached hydrogens (tertiary/aromatic N) is 3. The molecule has 0 spiro atoms. The van der Waals surface area contributed by atoms with Gasteiger partial charge in [-0.1, -0.05) is 24.3 Å². The molecule has 0 fully saturated rings. The van der Waals surface area contributed by atoms with Gasteiger partial charge in [0, 0.05) is 25.3 Å². The molecule has 3 aromatic rings. The lowest BCUT2D eigenvalue weighted by atomic mass is 9.94. The molecular formula is C23H22F3N3O. The number of amides is 1. The van der Waals surface area contributed by atoms with Gasteiger partial charge in [0.25, 0.3) is 5.91 Å². The largest absolute Gasteiger partial charge is 0.416 e. The van der Waals surface area contributed by atoms with E-state index < -0.39 is 11.7 Å². The predicted octanol–water partition coefficient (Wildman–Crippen LogP) is 5.35. The van der Waals surface area contributed by atoms with Crippen LogP contribution in [0.15, 0.2) is 54.9 Å². The maximum Gasteiger partial charge on any atom is 0.416 e. The molecule has 2 heterocycles. The van der Waals surface area contributed by atoms with Gasteiger partial charge in [-0.25, -0.2) is 0 Å². The van der Waals surface area contributed by atoms with Crippen molar-refractivity contribution < 1.29 is 18.0 Å². The van der Waals surface area contributed by atoms with E-state index in [1.807, 2.05) is 32.0 Å². The molecule has 156 valence electrons. The van der Waals surface area contributed by atoms with Crippen LogP contribution in [0.2, 0.25) is 0 Å². The first-order valence-electron chi connectivity index (χ1n) is 9.85. The number of aromatic nitrogens is 2. The molecule has 4 rings (SSSR count). The first-order chi connectivity index (χ1) is 14.2. The average Bonchev–Trinajstić information content (AvgIpc) is 3.22. The van der Waals surface area contributed by atoms with Crippen molar-refractivity contribution in [2.45, 2.75) is 39.0 Å². The van der Waals surface area contributed by atoms with Crippen LogP contribution in [0.25, 0.3) is 11.1 Å². The summed E-state index contributed by atoms with van der Waals surface area (Å²) in [6.07, 6.45) is -0.247. The van der Waals surface area contributed by atoms with Crippen LogP contribution < -0.4 is 0 Å². The van der Waals surface area contributed by atoms with Crippen LogP contribution in [0.3, 0.4) is 0 Å². The molecule has 0 unspecified atom stereocenters. The van der Waals surface area contributed by atoms with Gasteiger partial charge in [-0.3, -0.25) is 9.48 Å². The Bertz CT molecular complexity index is 1070. The second kappa shape index (κ2) is 7.63. The van der Waals surface area contributed by atoms with Crippen LogP contribution in [0.5, 0.6) is 0 Å². The van der Waals surface area contributed by atoms with E-state index in [9.17, 15) is 18.0 Å². The molecule has 0 saturated heterocycles. The van der Waals surface area contributed by atoms with Crippen molar-refractivity contribution in [3.05, 3.63) is 77.1 Å². The summed E-state index contributed by atoms with van der Waals surface area (Å²) >= 11 is 0. The molecule has 1 amide bonds. The average molecular weight is 413 g/mol. The zero-order chi connectivity index (χ0) is 21.5. The Morgan fingerprint density at radius 1 is 1.03 bits per heavy atom. The van der Waals surface area contributed by atoms with Crippen molar-refractivity contribution in [2.75, 3.05) is 6.54 Å². The van der Waals surface area contributed by atoms with Crippen LogP contribution in [0.4, 0.5) is 13.2 Å². The van der Waals surface area contributed by atoms with Gasteiger partial charge in [0.15, 0.2) is 0 Å². The summed E-state index contributed by atoms with van der Waals surface area (Å²) in [7, 11) is 0. The van der Waals surface area contributed by atoms with Crippen molar-refractivity contribution in [3.63, 3.8) is 0 Å². The number of carbonyl (C=O) groups excluding carboxylic acids is 1. The number of fused-ring (bicyclic) bond motifs is 1. The third kappa shape index (κ3) is 3.97. The zero-order valence-corrected chi connectivity index (χ0v) is 16.8. The maximum atomic E-state index is 12.9. The fourth-order valence-corrected chi connectivity index (χ4v) is 3.68. The minimum Gasteiger partial charge on any atom is -0.334 e. The van der Waals surface area contributed by atoms with Crippen molar-refractivity contribution in [1.82, 2.24) is 14.7 Å². The third-order valence-electron chi connectivity index (χ3n) is 5.43. The minimum absolute atomic E-state index is 0.0625. The normalized spacial score (nSPS) is 14.1. The molecule has 1 aliphatic rings. The number of hydrogen-bond acceptors (Lipinski definition) is 2. The van der Waals surface area contributed by atoms with Crippen LogP contribution in [-0.2, 0) is 19.1 Å². The third-order valence-corrected chi connectivity index (χ3v) is 5.43. The first-order valence-corrected chi connectivity index (χ1v) is 9.85. The lowest BCUT2D eigenvalue weighted by Gasteiger charge is -2.29. The van der Waals surface area contributed by atoms with E-state index >= 15 is 0 Å². The summed E-state index contributed by atoms with van der Waals surface area (Å²) in [5.74, 6) is -0.0625. The van der Waals surface area contributed by atoms with Crippen molar-refractivity contribution in [3.8, 4) is 11.1 Å². The maximum absolute atomic E-state index is 12.9. The van der Waals surface area contributed by atoms with Gasteiger partial charge < -0.3 is 4.90 Å². The zero-order valence-electron chi connectivity index (χ0n) is 16.8. The van der Waals surface area contributed by atoms with Crippen molar-refractivity contribution in [2.24, 2.45) is 0 Å². The molecule has 7 heteroatoms. The standard InChI is InChI=1S/C23H22F3N3O/c1-15(2)29-14-20(12-27-29)22(30)28-10-9-17-3-4-18(11-19(17)13-28)16-5-7-21(8-6-16)23(24,25)26/h3-8,11-12,14-15H,9-10,13H2,1-2H3. The molecule has 0 aliphatic carbocycles. The van der Waals surface area contributed by atoms with Gasteiger partial charge in [-0.15, -0.1) is 0 Å². The highest BCUT2D eigenvalue weighted by Crippen LogP contribution is 2.32. The lowest BCUT2D eigenvalue weighted by molar-refractivity contribution is -0.137. The quantitative estimate of drug-likeness (QED) is 0.581. The van der Waals surface area contributed by atoms with Gasteiger partial charge >= 0.3 is 6.18 Å². The summed E-state index contributed by atoms with van der Waals surface area (Å²) in [5.41, 5.74) is 3.63. The smallest absolute Gasteiger partial charge is 0.334 e. The SMILES string of the molecule is CC(C)n1cc(C(=O)N2CCc3ccc(-c4ccc(C(F)(F)F)cc4)cc3C2)cn1. The summed E-state index contributed by atoms with van der Waals surface area (Å²) in [6, 6.07) is 11.2. The second-order valence-electron chi connectivity index (χ2n) is 7.84. The fraction of sp³-hybridized carbons (Fsp3) is 0.304. The molecule has 0 bridgehead atoms. The van der Waals surface area contributed by atoms with Crippen LogP contribution >= 0.6 is 0 Å². The fourth-order valence-electron chi connectivity index (χ4n) is 3.68. The number of alkyl halides is 3. The van der Waals surface area contributed by atoms with E-state index in [-0.39, 0.29) is 11.9 Å². The summed E-state index contributed by atoms with van der Waals surface area (Å²) in [5, 5.41) is 4.24. The molecule has 1 aliphatic heterocycles. The number of rotatable bonds is 3. The molecule has 4 nitrogen and oxygen atoms in total. The monoisotopic (exact) mass is 413 g/mol. The minimum atomic E-state index is -4.35. The summed E-state index contributed by atoms with van der Waals surface area (Å²) in [6.45, 7) is 5.09. The van der Waals surface area contributed by atoms with E-state index in [0.29, 0.717) is 24.2 Å². The summed E-state index contributed by atoms with van der Waals surface area (Å²) in [4.78, 5) is 14.7. The van der Waals surface area contributed by atoms with Crippen molar-refractivity contribution in [1.29, 1.82) is 0 Å². The molecule has 0 atom stereocenters. The van der Waals surface area contributed by atoms with E-state index in [1.54, 1.807) is 22.0 Å². The number of hydrogen-bond donors (Lipinski definition) is 0. The Morgan fingerprint density at radius 2 is 1.73 bits per heavy atom. The highest BCUT2D eigenvalue weighted by molar-refractivity contribution is 5.94. The molecule has 2 aromatic carbocycles. The Balaban J connectivity index is 1.55. The highest BCUT2D eigenvalue weighted by Gasteiger charge is 2.30. The van der Waals surface area contributed by atoms with Gasteiger partial charge in [0.2, 0.25) is 0 Å². The van der Waals surface area contributed by atoms with Gasteiger partial charge in [-0.05, 0) is 60.7 Å². The Hall–Kier alpha value is -3.09. The molecule has 0 radical (unpaired) electrons. The number of halogens is 3. The molecule has 1 aromatic heterocycles. The molecule has 0 N–H and O–H groups in total. The van der Waals surface area contributed by atoms with Gasteiger partial charge in [0.1, 0.15) is 0 Å². The second-order valence-corrected chi connectivity index (χ2v) is 7.84. The predicted molar refractivity (Wildman–Crippen MR) is 108 cm³/mol. The van der Waals surface area contributed by atoms with Crippen molar-refractivity contribution >= 4 is 5.91 Å². The topological polar surface area (TPSA) is 38.1 Å². The van der Waals surface area contributed by atoms with Gasteiger partial charge in [0.05, 0.1) is 17.3 Å². The Morgan fingerprint density at radius 3 is 2.37 bits per heavy atom. The number of benzene rings is 2.